The zero-order valence-corrected chi connectivity index (χ0v) is 12.0. The third kappa shape index (κ3) is 3.53. The number of rotatable bonds is 4. The number of aromatic nitrogens is 2. The Kier molecular flexibility index (Phi) is 4.20. The highest BCUT2D eigenvalue weighted by molar-refractivity contribution is 5.53. The Bertz CT molecular complexity index is 829. The molecule has 0 atom stereocenters. The first-order chi connectivity index (χ1) is 11.4. The second kappa shape index (κ2) is 6.31. The number of hydrogen-bond donors (Lipinski definition) is 0. The largest absolute Gasteiger partial charge is 0.482 e. The predicted molar refractivity (Wildman–Crippen MR) is 75.5 cm³/mol. The van der Waals surface area contributed by atoms with E-state index in [0.717, 1.165) is 12.1 Å². The van der Waals surface area contributed by atoms with E-state index in [1.807, 2.05) is 0 Å². The fourth-order valence-corrected chi connectivity index (χ4v) is 1.94. The second-order valence-electron chi connectivity index (χ2n) is 4.81. The molecule has 8 heteroatoms. The highest BCUT2D eigenvalue weighted by Gasteiger charge is 2.30. The minimum absolute atomic E-state index is 0.0402. The second-order valence-corrected chi connectivity index (χ2v) is 4.81. The fourth-order valence-electron chi connectivity index (χ4n) is 1.94. The molecule has 0 N–H and O–H groups in total. The molecule has 4 nitrogen and oxygen atoms in total. The van der Waals surface area contributed by atoms with Gasteiger partial charge in [0, 0.05) is 5.56 Å². The number of hydrogen-bond acceptors (Lipinski definition) is 4. The Balaban J connectivity index is 1.70. The number of nitrogens with zero attached hydrogens (tertiary/aromatic N) is 2. The van der Waals surface area contributed by atoms with Crippen LogP contribution in [-0.2, 0) is 12.8 Å². The average molecular weight is 338 g/mol. The first kappa shape index (κ1) is 16.0. The summed E-state index contributed by atoms with van der Waals surface area (Å²) < 4.78 is 61.2. The van der Waals surface area contributed by atoms with Crippen molar-refractivity contribution in [2.24, 2.45) is 0 Å². The van der Waals surface area contributed by atoms with Gasteiger partial charge in [-0.25, -0.2) is 4.39 Å². The molecule has 1 heterocycles. The van der Waals surface area contributed by atoms with Crippen LogP contribution in [0.15, 0.2) is 53.1 Å². The molecule has 0 fully saturated rings. The van der Waals surface area contributed by atoms with Crippen LogP contribution in [0.4, 0.5) is 17.6 Å². The lowest BCUT2D eigenvalue weighted by Crippen LogP contribution is -2.04. The van der Waals surface area contributed by atoms with Crippen LogP contribution < -0.4 is 4.74 Å². The Morgan fingerprint density at radius 1 is 1.00 bits per heavy atom. The van der Waals surface area contributed by atoms with Gasteiger partial charge in [-0.2, -0.15) is 18.2 Å². The maximum absolute atomic E-state index is 13.4. The van der Waals surface area contributed by atoms with Crippen LogP contribution in [0.25, 0.3) is 11.5 Å². The standard InChI is InChI=1S/C16H10F4N2O2/c17-12-3-1-2-4-13(12)23-9-14-21-15(24-22-14)10-5-7-11(8-6-10)16(18,19)20/h1-8H,9H2. The van der Waals surface area contributed by atoms with Crippen LogP contribution in [0.3, 0.4) is 0 Å². The van der Waals surface area contributed by atoms with Crippen LogP contribution in [0, 0.1) is 5.82 Å². The number of alkyl halides is 3. The van der Waals surface area contributed by atoms with Crippen molar-refractivity contribution < 1.29 is 26.8 Å². The number of ether oxygens (including phenoxy) is 1. The van der Waals surface area contributed by atoms with Gasteiger partial charge in [-0.3, -0.25) is 0 Å². The molecule has 124 valence electrons. The molecular weight excluding hydrogens is 328 g/mol. The van der Waals surface area contributed by atoms with E-state index in [4.69, 9.17) is 9.26 Å². The molecule has 0 aliphatic rings. The Morgan fingerprint density at radius 3 is 2.38 bits per heavy atom. The van der Waals surface area contributed by atoms with Crippen LogP contribution >= 0.6 is 0 Å². The Hall–Kier alpha value is -2.90. The minimum atomic E-state index is -4.41. The van der Waals surface area contributed by atoms with E-state index in [9.17, 15) is 17.6 Å². The van der Waals surface area contributed by atoms with Gasteiger partial charge in [0.1, 0.15) is 0 Å². The molecule has 2 aromatic carbocycles. The van der Waals surface area contributed by atoms with E-state index < -0.39 is 17.6 Å². The molecular formula is C16H10F4N2O2. The zero-order valence-electron chi connectivity index (χ0n) is 12.0. The van der Waals surface area contributed by atoms with Gasteiger partial charge in [0.25, 0.3) is 5.89 Å². The quantitative estimate of drug-likeness (QED) is 0.659. The molecule has 24 heavy (non-hydrogen) atoms. The van der Waals surface area contributed by atoms with E-state index >= 15 is 0 Å². The smallest absolute Gasteiger partial charge is 0.416 e. The van der Waals surface area contributed by atoms with Crippen molar-refractivity contribution in [2.75, 3.05) is 0 Å². The lowest BCUT2D eigenvalue weighted by atomic mass is 10.1. The molecule has 0 unspecified atom stereocenters. The van der Waals surface area contributed by atoms with E-state index in [2.05, 4.69) is 10.1 Å². The maximum atomic E-state index is 13.4. The third-order valence-corrected chi connectivity index (χ3v) is 3.12. The van der Waals surface area contributed by atoms with Crippen LogP contribution in [-0.4, -0.2) is 10.1 Å². The van der Waals surface area contributed by atoms with Crippen molar-refractivity contribution in [3.05, 3.63) is 65.7 Å². The lowest BCUT2D eigenvalue weighted by molar-refractivity contribution is -0.137. The predicted octanol–water partition coefficient (Wildman–Crippen LogP) is 4.47. The van der Waals surface area contributed by atoms with E-state index in [0.29, 0.717) is 5.56 Å². The minimum Gasteiger partial charge on any atom is -0.482 e. The molecule has 1 aromatic heterocycles. The molecule has 3 rings (SSSR count). The molecule has 0 saturated heterocycles. The summed E-state index contributed by atoms with van der Waals surface area (Å²) in [5, 5.41) is 3.65. The van der Waals surface area contributed by atoms with Gasteiger partial charge in [0.2, 0.25) is 5.82 Å². The fraction of sp³-hybridized carbons (Fsp3) is 0.125. The molecule has 0 aliphatic heterocycles. The zero-order chi connectivity index (χ0) is 17.2. The summed E-state index contributed by atoms with van der Waals surface area (Å²) in [4.78, 5) is 4.01. The van der Waals surface area contributed by atoms with Gasteiger partial charge in [0.15, 0.2) is 18.2 Å². The maximum Gasteiger partial charge on any atom is 0.416 e. The first-order valence-electron chi connectivity index (χ1n) is 6.81. The van der Waals surface area contributed by atoms with Gasteiger partial charge in [-0.05, 0) is 36.4 Å². The van der Waals surface area contributed by atoms with Gasteiger partial charge in [0.05, 0.1) is 5.56 Å². The molecule has 0 amide bonds. The van der Waals surface area contributed by atoms with Gasteiger partial charge in [-0.1, -0.05) is 17.3 Å². The summed E-state index contributed by atoms with van der Waals surface area (Å²) in [5.74, 6) is -0.286. The molecule has 0 bridgehead atoms. The number of para-hydroxylation sites is 1. The summed E-state index contributed by atoms with van der Waals surface area (Å²) in [6.07, 6.45) is -4.41. The van der Waals surface area contributed by atoms with Crippen molar-refractivity contribution in [3.8, 4) is 17.2 Å². The summed E-state index contributed by atoms with van der Waals surface area (Å²) >= 11 is 0. The van der Waals surface area contributed by atoms with Gasteiger partial charge in [-0.15, -0.1) is 0 Å². The van der Waals surface area contributed by atoms with E-state index in [1.54, 1.807) is 6.07 Å². The third-order valence-electron chi connectivity index (χ3n) is 3.12. The van der Waals surface area contributed by atoms with E-state index in [-0.39, 0.29) is 24.1 Å². The van der Waals surface area contributed by atoms with Crippen molar-refractivity contribution in [2.45, 2.75) is 12.8 Å². The van der Waals surface area contributed by atoms with Crippen molar-refractivity contribution in [1.29, 1.82) is 0 Å². The Morgan fingerprint density at radius 2 is 1.71 bits per heavy atom. The summed E-state index contributed by atoms with van der Waals surface area (Å²) in [7, 11) is 0. The van der Waals surface area contributed by atoms with Crippen LogP contribution in [0.5, 0.6) is 5.75 Å². The van der Waals surface area contributed by atoms with Crippen molar-refractivity contribution in [3.63, 3.8) is 0 Å². The van der Waals surface area contributed by atoms with Gasteiger partial charge >= 0.3 is 6.18 Å². The van der Waals surface area contributed by atoms with Crippen LogP contribution in [0.2, 0.25) is 0 Å². The lowest BCUT2D eigenvalue weighted by Gasteiger charge is -2.05. The SMILES string of the molecule is Fc1ccccc1OCc1noc(-c2ccc(C(F)(F)F)cc2)n1. The van der Waals surface area contributed by atoms with Crippen LogP contribution in [0.1, 0.15) is 11.4 Å². The molecule has 0 aliphatic carbocycles. The molecule has 0 radical (unpaired) electrons. The normalized spacial score (nSPS) is 11.5. The number of halogens is 4. The topological polar surface area (TPSA) is 48.2 Å². The van der Waals surface area contributed by atoms with Gasteiger partial charge < -0.3 is 9.26 Å². The molecule has 0 spiro atoms. The summed E-state index contributed by atoms with van der Waals surface area (Å²) in [6.45, 7) is -0.134. The summed E-state index contributed by atoms with van der Waals surface area (Å²) in [5.41, 5.74) is -0.429. The average Bonchev–Trinajstić information content (AvgIpc) is 3.02. The van der Waals surface area contributed by atoms with Crippen molar-refractivity contribution >= 4 is 0 Å². The first-order valence-corrected chi connectivity index (χ1v) is 6.81. The number of benzene rings is 2. The summed E-state index contributed by atoms with van der Waals surface area (Å²) in [6, 6.07) is 10.2. The highest BCUT2D eigenvalue weighted by atomic mass is 19.4. The molecule has 3 aromatic rings. The Labute approximate surface area is 133 Å². The highest BCUT2D eigenvalue weighted by Crippen LogP contribution is 2.30. The monoisotopic (exact) mass is 338 g/mol. The van der Waals surface area contributed by atoms with Crippen molar-refractivity contribution in [1.82, 2.24) is 10.1 Å². The molecule has 0 saturated carbocycles. The van der Waals surface area contributed by atoms with E-state index in [1.165, 1.54) is 30.3 Å².